The first-order valence-electron chi connectivity index (χ1n) is 9.17. The van der Waals surface area contributed by atoms with Crippen LogP contribution >= 0.6 is 0 Å². The van der Waals surface area contributed by atoms with Crippen LogP contribution in [-0.2, 0) is 0 Å². The van der Waals surface area contributed by atoms with Crippen LogP contribution in [-0.4, -0.2) is 29.5 Å². The van der Waals surface area contributed by atoms with E-state index in [1.54, 1.807) is 6.92 Å². The molecule has 0 spiro atoms. The zero-order valence-corrected chi connectivity index (χ0v) is 16.4. The number of anilines is 1. The van der Waals surface area contributed by atoms with Crippen molar-refractivity contribution in [2.24, 2.45) is 4.99 Å². The van der Waals surface area contributed by atoms with E-state index in [0.29, 0.717) is 34.1 Å². The average molecular weight is 381 g/mol. The molecule has 0 aliphatic carbocycles. The predicted molar refractivity (Wildman–Crippen MR) is 115 cm³/mol. The fourth-order valence-corrected chi connectivity index (χ4v) is 3.29. The van der Waals surface area contributed by atoms with Crippen molar-refractivity contribution in [3.05, 3.63) is 88.1 Å². The molecule has 1 aromatic heterocycles. The summed E-state index contributed by atoms with van der Waals surface area (Å²) in [6.07, 6.45) is 1.50. The fraction of sp³-hybridized carbons (Fsp3) is 0.130. The Morgan fingerprint density at radius 2 is 1.76 bits per heavy atom. The lowest BCUT2D eigenvalue weighted by Crippen LogP contribution is -2.29. The minimum absolute atomic E-state index is 0.225. The van der Waals surface area contributed by atoms with Crippen LogP contribution in [0.4, 0.5) is 11.4 Å². The Labute approximate surface area is 168 Å². The molecule has 0 radical (unpaired) electrons. The number of nitrogens with zero attached hydrogens (tertiary/aromatic N) is 5. The van der Waals surface area contributed by atoms with Gasteiger partial charge in [-0.25, -0.2) is 14.5 Å². The molecule has 0 atom stereocenters. The van der Waals surface area contributed by atoms with Crippen LogP contribution in [0, 0.1) is 18.3 Å². The molecule has 4 rings (SSSR count). The SMILES string of the molecule is Cc1cnc2n(c1=O)C(=Nc1ccc(N(C)C)cc1)C(c1ccccc1)=C2C#N. The van der Waals surface area contributed by atoms with E-state index in [1.165, 1.54) is 10.8 Å². The molecule has 0 fully saturated rings. The van der Waals surface area contributed by atoms with Gasteiger partial charge >= 0.3 is 0 Å². The highest BCUT2D eigenvalue weighted by Gasteiger charge is 2.31. The molecule has 2 aromatic carbocycles. The van der Waals surface area contributed by atoms with Gasteiger partial charge in [0, 0.05) is 37.1 Å². The maximum Gasteiger partial charge on any atom is 0.262 e. The molecule has 142 valence electrons. The van der Waals surface area contributed by atoms with Crippen molar-refractivity contribution in [3.63, 3.8) is 0 Å². The normalized spacial score (nSPS) is 14.1. The van der Waals surface area contributed by atoms with Crippen molar-refractivity contribution in [1.29, 1.82) is 5.26 Å². The Hall–Kier alpha value is -3.98. The minimum atomic E-state index is -0.225. The number of allylic oxidation sites excluding steroid dienone is 2. The number of hydrogen-bond acceptors (Lipinski definition) is 5. The van der Waals surface area contributed by atoms with Gasteiger partial charge in [0.1, 0.15) is 11.6 Å². The van der Waals surface area contributed by atoms with E-state index in [9.17, 15) is 10.1 Å². The summed E-state index contributed by atoms with van der Waals surface area (Å²) in [6.45, 7) is 1.71. The van der Waals surface area contributed by atoms with E-state index in [2.05, 4.69) is 11.1 Å². The van der Waals surface area contributed by atoms with Gasteiger partial charge in [0.2, 0.25) is 0 Å². The summed E-state index contributed by atoms with van der Waals surface area (Å²) in [4.78, 5) is 24.1. The molecule has 0 bridgehead atoms. The quantitative estimate of drug-likeness (QED) is 0.694. The van der Waals surface area contributed by atoms with E-state index in [1.807, 2.05) is 73.6 Å². The fourth-order valence-electron chi connectivity index (χ4n) is 3.29. The second kappa shape index (κ2) is 7.21. The molecule has 6 nitrogen and oxygen atoms in total. The van der Waals surface area contributed by atoms with Gasteiger partial charge in [-0.3, -0.25) is 4.79 Å². The first-order valence-corrected chi connectivity index (χ1v) is 9.17. The lowest BCUT2D eigenvalue weighted by molar-refractivity contribution is 0.953. The lowest BCUT2D eigenvalue weighted by atomic mass is 10.0. The number of benzene rings is 2. The summed E-state index contributed by atoms with van der Waals surface area (Å²) < 4.78 is 1.44. The van der Waals surface area contributed by atoms with E-state index in [4.69, 9.17) is 4.99 Å². The topological polar surface area (TPSA) is 74.3 Å². The molecule has 29 heavy (non-hydrogen) atoms. The zero-order valence-electron chi connectivity index (χ0n) is 16.4. The van der Waals surface area contributed by atoms with Crippen LogP contribution in [0.15, 0.2) is 70.6 Å². The number of aliphatic imine (C=N–C) groups is 1. The number of aromatic nitrogens is 2. The van der Waals surface area contributed by atoms with Gasteiger partial charge in [-0.15, -0.1) is 0 Å². The third-order valence-corrected chi connectivity index (χ3v) is 4.82. The summed E-state index contributed by atoms with van der Waals surface area (Å²) in [5, 5.41) is 9.86. The Morgan fingerprint density at radius 1 is 1.07 bits per heavy atom. The molecular formula is C23H19N5O. The van der Waals surface area contributed by atoms with Crippen LogP contribution in [0.5, 0.6) is 0 Å². The predicted octanol–water partition coefficient (Wildman–Crippen LogP) is 3.64. The zero-order chi connectivity index (χ0) is 20.5. The smallest absolute Gasteiger partial charge is 0.262 e. The summed E-state index contributed by atoms with van der Waals surface area (Å²) in [7, 11) is 3.94. The average Bonchev–Trinajstić information content (AvgIpc) is 3.05. The molecule has 1 aliphatic rings. The summed E-state index contributed by atoms with van der Waals surface area (Å²) in [6, 6.07) is 19.4. The van der Waals surface area contributed by atoms with Gasteiger partial charge < -0.3 is 4.90 Å². The molecular weight excluding hydrogens is 362 g/mol. The second-order valence-electron chi connectivity index (χ2n) is 6.98. The van der Waals surface area contributed by atoms with Crippen molar-refractivity contribution >= 4 is 28.4 Å². The van der Waals surface area contributed by atoms with Gasteiger partial charge in [-0.05, 0) is 36.8 Å². The highest BCUT2D eigenvalue weighted by Crippen LogP contribution is 2.34. The summed E-state index contributed by atoms with van der Waals surface area (Å²) in [5.41, 5.74) is 3.78. The largest absolute Gasteiger partial charge is 0.378 e. The molecule has 0 unspecified atom stereocenters. The second-order valence-corrected chi connectivity index (χ2v) is 6.98. The van der Waals surface area contributed by atoms with Crippen molar-refractivity contribution in [2.45, 2.75) is 6.92 Å². The molecule has 3 aromatic rings. The van der Waals surface area contributed by atoms with Gasteiger partial charge in [0.25, 0.3) is 5.56 Å². The molecule has 0 amide bonds. The first-order chi connectivity index (χ1) is 14.0. The molecule has 1 aliphatic heterocycles. The van der Waals surface area contributed by atoms with Crippen LogP contribution < -0.4 is 10.5 Å². The maximum atomic E-state index is 12.9. The number of hydrogen-bond donors (Lipinski definition) is 0. The number of nitriles is 1. The van der Waals surface area contributed by atoms with Gasteiger partial charge in [-0.1, -0.05) is 30.3 Å². The lowest BCUT2D eigenvalue weighted by Gasteiger charge is -2.12. The van der Waals surface area contributed by atoms with Crippen LogP contribution in [0.1, 0.15) is 17.0 Å². The van der Waals surface area contributed by atoms with Crippen LogP contribution in [0.25, 0.3) is 11.1 Å². The molecule has 6 heteroatoms. The highest BCUT2D eigenvalue weighted by atomic mass is 16.1. The molecule has 2 heterocycles. The first kappa shape index (κ1) is 18.4. The Balaban J connectivity index is 1.99. The molecule has 0 saturated heterocycles. The highest BCUT2D eigenvalue weighted by molar-refractivity contribution is 6.35. The Morgan fingerprint density at radius 3 is 2.38 bits per heavy atom. The summed E-state index contributed by atoms with van der Waals surface area (Å²) in [5.74, 6) is 0.743. The van der Waals surface area contributed by atoms with Crippen LogP contribution in [0.2, 0.25) is 0 Å². The van der Waals surface area contributed by atoms with Gasteiger partial charge in [0.05, 0.1) is 5.69 Å². The minimum Gasteiger partial charge on any atom is -0.378 e. The van der Waals surface area contributed by atoms with Crippen molar-refractivity contribution in [3.8, 4) is 6.07 Å². The number of fused-ring (bicyclic) bond motifs is 1. The third kappa shape index (κ3) is 3.13. The number of aryl methyl sites for hydroxylation is 1. The van der Waals surface area contributed by atoms with Crippen molar-refractivity contribution in [2.75, 3.05) is 19.0 Å². The number of rotatable bonds is 3. The Bertz CT molecular complexity index is 1240. The van der Waals surface area contributed by atoms with Gasteiger partial charge in [-0.2, -0.15) is 5.26 Å². The van der Waals surface area contributed by atoms with Crippen molar-refractivity contribution in [1.82, 2.24) is 9.55 Å². The van der Waals surface area contributed by atoms with E-state index >= 15 is 0 Å². The summed E-state index contributed by atoms with van der Waals surface area (Å²) >= 11 is 0. The van der Waals surface area contributed by atoms with Gasteiger partial charge in [0.15, 0.2) is 11.7 Å². The van der Waals surface area contributed by atoms with Crippen LogP contribution in [0.3, 0.4) is 0 Å². The third-order valence-electron chi connectivity index (χ3n) is 4.82. The maximum absolute atomic E-state index is 12.9. The molecule has 0 saturated carbocycles. The van der Waals surface area contributed by atoms with E-state index in [0.717, 1.165) is 11.3 Å². The van der Waals surface area contributed by atoms with E-state index in [-0.39, 0.29) is 5.56 Å². The standard InChI is InChI=1S/C23H19N5O/c1-15-14-25-21-19(13-24)20(16-7-5-4-6-8-16)22(28(21)23(15)29)26-17-9-11-18(12-10-17)27(2)3/h4-12,14H,1-3H3. The Kier molecular flexibility index (Phi) is 4.57. The molecule has 0 N–H and O–H groups in total. The van der Waals surface area contributed by atoms with Crippen molar-refractivity contribution < 1.29 is 0 Å². The monoisotopic (exact) mass is 381 g/mol. The van der Waals surface area contributed by atoms with E-state index < -0.39 is 0 Å².